The second-order valence-corrected chi connectivity index (χ2v) is 6.98. The quantitative estimate of drug-likeness (QED) is 0.560. The Morgan fingerprint density at radius 2 is 1.93 bits per heavy atom. The molecule has 4 rings (SSSR count). The summed E-state index contributed by atoms with van der Waals surface area (Å²) < 4.78 is 13.5. The molecular weight excluding hydrogens is 361 g/mol. The fourth-order valence-corrected chi connectivity index (χ4v) is 3.79. The van der Waals surface area contributed by atoms with E-state index in [4.69, 9.17) is 11.0 Å². The molecule has 0 aliphatic heterocycles. The fourth-order valence-electron chi connectivity index (χ4n) is 2.76. The molecule has 2 heterocycles. The van der Waals surface area contributed by atoms with Crippen molar-refractivity contribution in [1.82, 2.24) is 9.97 Å². The molecule has 7 heteroatoms. The number of fused-ring (bicyclic) bond motifs is 1. The summed E-state index contributed by atoms with van der Waals surface area (Å²) in [6.07, 6.45) is 0. The Morgan fingerprint density at radius 1 is 1.11 bits per heavy atom. The van der Waals surface area contributed by atoms with Gasteiger partial charge in [-0.3, -0.25) is 0 Å². The highest BCUT2D eigenvalue weighted by molar-refractivity contribution is 7.22. The Kier molecular flexibility index (Phi) is 4.18. The van der Waals surface area contributed by atoms with Crippen molar-refractivity contribution >= 4 is 38.1 Å². The van der Waals surface area contributed by atoms with Crippen LogP contribution in [0.5, 0.6) is 0 Å². The molecule has 0 saturated carbocycles. The third kappa shape index (κ3) is 3.18. The van der Waals surface area contributed by atoms with Crippen molar-refractivity contribution in [2.45, 2.75) is 0 Å². The van der Waals surface area contributed by atoms with Crippen molar-refractivity contribution in [1.29, 1.82) is 5.26 Å². The van der Waals surface area contributed by atoms with Crippen molar-refractivity contribution in [3.63, 3.8) is 0 Å². The number of halogens is 1. The number of nitriles is 1. The number of nitrogens with two attached hydrogens (primary N) is 1. The SMILES string of the molecule is CN(c1cccc(F)c1)c1cc2c(N)nc(-c3cccc(C#N)c3)nc2s1. The van der Waals surface area contributed by atoms with E-state index in [0.29, 0.717) is 17.2 Å². The Hall–Kier alpha value is -3.50. The first kappa shape index (κ1) is 16.9. The summed E-state index contributed by atoms with van der Waals surface area (Å²) >= 11 is 1.45. The van der Waals surface area contributed by atoms with Gasteiger partial charge in [-0.15, -0.1) is 0 Å². The van der Waals surface area contributed by atoms with Crippen LogP contribution < -0.4 is 10.6 Å². The number of thiophene rings is 1. The highest BCUT2D eigenvalue weighted by Gasteiger charge is 2.14. The predicted octanol–water partition coefficient (Wildman–Crippen LogP) is 4.72. The minimum absolute atomic E-state index is 0.292. The van der Waals surface area contributed by atoms with Crippen LogP contribution in [0.3, 0.4) is 0 Å². The molecule has 0 saturated heterocycles. The van der Waals surface area contributed by atoms with Gasteiger partial charge in [-0.2, -0.15) is 5.26 Å². The van der Waals surface area contributed by atoms with Crippen LogP contribution >= 0.6 is 11.3 Å². The first-order valence-electron chi connectivity index (χ1n) is 8.12. The minimum Gasteiger partial charge on any atom is -0.383 e. The summed E-state index contributed by atoms with van der Waals surface area (Å²) in [4.78, 5) is 11.6. The smallest absolute Gasteiger partial charge is 0.163 e. The number of anilines is 3. The molecule has 27 heavy (non-hydrogen) atoms. The van der Waals surface area contributed by atoms with Gasteiger partial charge in [-0.25, -0.2) is 14.4 Å². The van der Waals surface area contributed by atoms with E-state index in [9.17, 15) is 4.39 Å². The van der Waals surface area contributed by atoms with Gasteiger partial charge in [0.2, 0.25) is 0 Å². The van der Waals surface area contributed by atoms with Gasteiger partial charge in [0, 0.05) is 18.3 Å². The number of hydrogen-bond acceptors (Lipinski definition) is 6. The molecule has 0 radical (unpaired) electrons. The Labute approximate surface area is 159 Å². The van der Waals surface area contributed by atoms with Crippen LogP contribution in [0, 0.1) is 17.1 Å². The van der Waals surface area contributed by atoms with Gasteiger partial charge in [0.15, 0.2) is 5.82 Å². The molecule has 132 valence electrons. The zero-order valence-electron chi connectivity index (χ0n) is 14.3. The summed E-state index contributed by atoms with van der Waals surface area (Å²) in [6.45, 7) is 0. The molecule has 0 atom stereocenters. The van der Waals surface area contributed by atoms with E-state index < -0.39 is 0 Å². The molecule has 0 aliphatic rings. The molecule has 5 nitrogen and oxygen atoms in total. The van der Waals surface area contributed by atoms with E-state index in [2.05, 4.69) is 16.0 Å². The lowest BCUT2D eigenvalue weighted by Crippen LogP contribution is -2.07. The lowest BCUT2D eigenvalue weighted by Gasteiger charge is -2.16. The summed E-state index contributed by atoms with van der Waals surface area (Å²) in [5, 5.41) is 10.7. The number of benzene rings is 2. The molecule has 0 bridgehead atoms. The minimum atomic E-state index is -0.292. The molecule has 0 unspecified atom stereocenters. The lowest BCUT2D eigenvalue weighted by molar-refractivity contribution is 0.628. The van der Waals surface area contributed by atoms with E-state index in [-0.39, 0.29) is 5.82 Å². The van der Waals surface area contributed by atoms with Crippen LogP contribution in [0.25, 0.3) is 21.6 Å². The number of aromatic nitrogens is 2. The summed E-state index contributed by atoms with van der Waals surface area (Å²) in [6, 6.07) is 17.5. The predicted molar refractivity (Wildman–Crippen MR) is 106 cm³/mol. The fraction of sp³-hybridized carbons (Fsp3) is 0.0500. The van der Waals surface area contributed by atoms with Gasteiger partial charge < -0.3 is 10.6 Å². The molecule has 2 aromatic heterocycles. The van der Waals surface area contributed by atoms with E-state index in [0.717, 1.165) is 26.5 Å². The highest BCUT2D eigenvalue weighted by Crippen LogP contribution is 2.37. The zero-order valence-corrected chi connectivity index (χ0v) is 15.2. The zero-order chi connectivity index (χ0) is 19.0. The Bertz CT molecular complexity index is 1190. The average Bonchev–Trinajstić information content (AvgIpc) is 3.12. The summed E-state index contributed by atoms with van der Waals surface area (Å²) in [7, 11) is 1.86. The molecule has 2 N–H and O–H groups in total. The van der Waals surface area contributed by atoms with Gasteiger partial charge in [0.1, 0.15) is 16.5 Å². The third-order valence-electron chi connectivity index (χ3n) is 4.19. The maximum Gasteiger partial charge on any atom is 0.163 e. The molecule has 0 spiro atoms. The molecule has 0 amide bonds. The standard InChI is InChI=1S/C20H14FN5S/c1-26(15-7-3-6-14(21)9-15)17-10-16-18(23)24-19(25-20(16)27-17)13-5-2-4-12(8-13)11-22/h2-10H,1H3,(H2,23,24,25). The largest absolute Gasteiger partial charge is 0.383 e. The van der Waals surface area contributed by atoms with Crippen LogP contribution in [0.2, 0.25) is 0 Å². The maximum absolute atomic E-state index is 13.5. The monoisotopic (exact) mass is 375 g/mol. The van der Waals surface area contributed by atoms with Gasteiger partial charge in [-0.1, -0.05) is 29.5 Å². The number of hydrogen-bond donors (Lipinski definition) is 1. The van der Waals surface area contributed by atoms with E-state index in [1.807, 2.05) is 30.1 Å². The van der Waals surface area contributed by atoms with Crippen LogP contribution in [-0.2, 0) is 0 Å². The Morgan fingerprint density at radius 3 is 2.70 bits per heavy atom. The number of rotatable bonds is 3. The van der Waals surface area contributed by atoms with Crippen molar-refractivity contribution in [3.05, 3.63) is 66.0 Å². The van der Waals surface area contributed by atoms with Crippen LogP contribution in [0.15, 0.2) is 54.6 Å². The van der Waals surface area contributed by atoms with E-state index in [1.165, 1.54) is 23.5 Å². The average molecular weight is 375 g/mol. The first-order chi connectivity index (χ1) is 13.0. The highest BCUT2D eigenvalue weighted by atomic mass is 32.1. The first-order valence-corrected chi connectivity index (χ1v) is 8.93. The number of nitrogens with zero attached hydrogens (tertiary/aromatic N) is 4. The normalized spacial score (nSPS) is 10.7. The van der Waals surface area contributed by atoms with Crippen molar-refractivity contribution in [2.75, 3.05) is 17.7 Å². The van der Waals surface area contributed by atoms with Crippen molar-refractivity contribution < 1.29 is 4.39 Å². The van der Waals surface area contributed by atoms with Crippen LogP contribution in [0.1, 0.15) is 5.56 Å². The van der Waals surface area contributed by atoms with Crippen molar-refractivity contribution in [3.8, 4) is 17.5 Å². The topological polar surface area (TPSA) is 78.8 Å². The molecule has 4 aromatic rings. The second kappa shape index (κ2) is 6.67. The molecule has 0 fully saturated rings. The van der Waals surface area contributed by atoms with E-state index >= 15 is 0 Å². The number of nitrogen functional groups attached to an aromatic ring is 1. The molecule has 2 aromatic carbocycles. The molecular formula is C20H14FN5S. The second-order valence-electron chi connectivity index (χ2n) is 5.97. The molecule has 0 aliphatic carbocycles. The van der Waals surface area contributed by atoms with Gasteiger partial charge >= 0.3 is 0 Å². The van der Waals surface area contributed by atoms with Crippen molar-refractivity contribution in [2.24, 2.45) is 0 Å². The van der Waals surface area contributed by atoms with E-state index in [1.54, 1.807) is 24.3 Å². The van der Waals surface area contributed by atoms with Gasteiger partial charge in [0.05, 0.1) is 22.0 Å². The summed E-state index contributed by atoms with van der Waals surface area (Å²) in [5.41, 5.74) is 8.15. The third-order valence-corrected chi connectivity index (χ3v) is 5.29. The van der Waals surface area contributed by atoms with Gasteiger partial charge in [-0.05, 0) is 36.4 Å². The maximum atomic E-state index is 13.5. The lowest BCUT2D eigenvalue weighted by atomic mass is 10.1. The van der Waals surface area contributed by atoms with Crippen LogP contribution in [-0.4, -0.2) is 17.0 Å². The van der Waals surface area contributed by atoms with Gasteiger partial charge in [0.25, 0.3) is 0 Å². The summed E-state index contributed by atoms with van der Waals surface area (Å²) in [5.74, 6) is 0.547. The Balaban J connectivity index is 1.78. The van der Waals surface area contributed by atoms with Crippen LogP contribution in [0.4, 0.5) is 20.9 Å².